The first-order chi connectivity index (χ1) is 6.66. The first-order valence-electron chi connectivity index (χ1n) is 4.11. The van der Waals surface area contributed by atoms with Gasteiger partial charge in [0.1, 0.15) is 5.57 Å². The number of esters is 1. The molecule has 0 aliphatic carbocycles. The van der Waals surface area contributed by atoms with Crippen molar-refractivity contribution in [2.75, 3.05) is 6.61 Å². The predicted octanol–water partition coefficient (Wildman–Crippen LogP) is 2.05. The monoisotopic (exact) mass is 210 g/mol. The molecule has 0 atom stereocenters. The zero-order valence-electron chi connectivity index (χ0n) is 7.78. The third kappa shape index (κ3) is 2.29. The number of thiophene rings is 1. The van der Waals surface area contributed by atoms with E-state index in [4.69, 9.17) is 0 Å². The summed E-state index contributed by atoms with van der Waals surface area (Å²) >= 11 is 1.28. The Morgan fingerprint density at radius 2 is 2.29 bits per heavy atom. The lowest BCUT2D eigenvalue weighted by Gasteiger charge is -2.01. The van der Waals surface area contributed by atoms with Crippen LogP contribution in [0.1, 0.15) is 16.6 Å². The summed E-state index contributed by atoms with van der Waals surface area (Å²) in [6, 6.07) is 3.40. The molecule has 0 radical (unpaired) electrons. The molecule has 0 aliphatic heterocycles. The number of carbonyl (C=O) groups excluding carboxylic acids is 2. The Morgan fingerprint density at radius 1 is 1.57 bits per heavy atom. The predicted molar refractivity (Wildman–Crippen MR) is 54.4 cm³/mol. The van der Waals surface area contributed by atoms with Crippen molar-refractivity contribution in [1.29, 1.82) is 0 Å². The third-order valence-corrected chi connectivity index (χ3v) is 2.41. The van der Waals surface area contributed by atoms with Gasteiger partial charge in [0.25, 0.3) is 0 Å². The van der Waals surface area contributed by atoms with Gasteiger partial charge in [0, 0.05) is 0 Å². The molecule has 1 heterocycles. The van der Waals surface area contributed by atoms with Crippen LogP contribution in [0.3, 0.4) is 0 Å². The summed E-state index contributed by atoms with van der Waals surface area (Å²) in [6.07, 6.45) is 0. The van der Waals surface area contributed by atoms with E-state index in [2.05, 4.69) is 11.3 Å². The molecular weight excluding hydrogens is 200 g/mol. The zero-order valence-corrected chi connectivity index (χ0v) is 8.60. The molecule has 14 heavy (non-hydrogen) atoms. The topological polar surface area (TPSA) is 43.4 Å². The minimum absolute atomic E-state index is 0.116. The van der Waals surface area contributed by atoms with Gasteiger partial charge in [-0.05, 0) is 18.4 Å². The molecule has 0 bridgehead atoms. The highest BCUT2D eigenvalue weighted by molar-refractivity contribution is 7.12. The van der Waals surface area contributed by atoms with Crippen molar-refractivity contribution in [3.8, 4) is 0 Å². The van der Waals surface area contributed by atoms with Crippen LogP contribution in [0, 0.1) is 0 Å². The zero-order chi connectivity index (χ0) is 10.6. The number of hydrogen-bond acceptors (Lipinski definition) is 4. The molecule has 3 nitrogen and oxygen atoms in total. The van der Waals surface area contributed by atoms with E-state index in [0.29, 0.717) is 4.88 Å². The SMILES string of the molecule is C=C(C(=O)OCC)C(=O)c1cccs1. The summed E-state index contributed by atoms with van der Waals surface area (Å²) in [5.41, 5.74) is -0.116. The second-order valence-electron chi connectivity index (χ2n) is 2.51. The van der Waals surface area contributed by atoms with Crippen molar-refractivity contribution in [1.82, 2.24) is 0 Å². The van der Waals surface area contributed by atoms with E-state index < -0.39 is 5.97 Å². The molecule has 0 saturated carbocycles. The fraction of sp³-hybridized carbons (Fsp3) is 0.200. The van der Waals surface area contributed by atoms with Gasteiger partial charge < -0.3 is 4.74 Å². The summed E-state index contributed by atoms with van der Waals surface area (Å²) in [4.78, 5) is 23.2. The van der Waals surface area contributed by atoms with E-state index in [1.165, 1.54) is 11.3 Å². The Bertz CT molecular complexity index is 351. The first-order valence-corrected chi connectivity index (χ1v) is 4.99. The van der Waals surface area contributed by atoms with Gasteiger partial charge in [-0.25, -0.2) is 4.79 Å². The molecule has 0 aromatic carbocycles. The van der Waals surface area contributed by atoms with Crippen molar-refractivity contribution in [3.63, 3.8) is 0 Å². The van der Waals surface area contributed by atoms with Crippen molar-refractivity contribution in [3.05, 3.63) is 34.5 Å². The molecule has 1 aromatic heterocycles. The van der Waals surface area contributed by atoms with E-state index in [1.54, 1.807) is 24.4 Å². The van der Waals surface area contributed by atoms with Gasteiger partial charge in [-0.1, -0.05) is 12.6 Å². The molecule has 4 heteroatoms. The lowest BCUT2D eigenvalue weighted by Crippen LogP contribution is -2.14. The maximum Gasteiger partial charge on any atom is 0.341 e. The molecule has 0 spiro atoms. The average molecular weight is 210 g/mol. The Hall–Kier alpha value is -1.42. The van der Waals surface area contributed by atoms with E-state index in [9.17, 15) is 9.59 Å². The molecule has 0 aliphatic rings. The molecule has 0 unspecified atom stereocenters. The highest BCUT2D eigenvalue weighted by Gasteiger charge is 2.18. The average Bonchev–Trinajstić information content (AvgIpc) is 2.68. The Balaban J connectivity index is 2.71. The van der Waals surface area contributed by atoms with E-state index in [1.807, 2.05) is 0 Å². The minimum atomic E-state index is -0.647. The highest BCUT2D eigenvalue weighted by atomic mass is 32.1. The molecule has 0 N–H and O–H groups in total. The van der Waals surface area contributed by atoms with Gasteiger partial charge >= 0.3 is 5.97 Å². The van der Waals surface area contributed by atoms with Crippen LogP contribution in [0.2, 0.25) is 0 Å². The quantitative estimate of drug-likeness (QED) is 0.251. The Kier molecular flexibility index (Phi) is 3.59. The van der Waals surface area contributed by atoms with Crippen LogP contribution < -0.4 is 0 Å². The molecule has 0 fully saturated rings. The van der Waals surface area contributed by atoms with Crippen LogP contribution in [-0.4, -0.2) is 18.4 Å². The molecular formula is C10H10O3S. The molecule has 74 valence electrons. The van der Waals surface area contributed by atoms with E-state index in [-0.39, 0.29) is 18.0 Å². The van der Waals surface area contributed by atoms with E-state index >= 15 is 0 Å². The van der Waals surface area contributed by atoms with Crippen LogP contribution in [0.4, 0.5) is 0 Å². The van der Waals surface area contributed by atoms with Gasteiger partial charge in [0.15, 0.2) is 0 Å². The number of hydrogen-bond donors (Lipinski definition) is 0. The van der Waals surface area contributed by atoms with Crippen LogP contribution in [0.15, 0.2) is 29.7 Å². The largest absolute Gasteiger partial charge is 0.462 e. The van der Waals surface area contributed by atoms with E-state index in [0.717, 1.165) is 0 Å². The fourth-order valence-electron chi connectivity index (χ4n) is 0.867. The first kappa shape index (κ1) is 10.7. The summed E-state index contributed by atoms with van der Waals surface area (Å²) < 4.78 is 4.67. The van der Waals surface area contributed by atoms with Crippen molar-refractivity contribution in [2.24, 2.45) is 0 Å². The lowest BCUT2D eigenvalue weighted by atomic mass is 10.2. The van der Waals surface area contributed by atoms with Gasteiger partial charge in [-0.2, -0.15) is 0 Å². The summed E-state index contributed by atoms with van der Waals surface area (Å²) in [5, 5.41) is 1.77. The standard InChI is InChI=1S/C10H10O3S/c1-3-13-10(12)7(2)9(11)8-5-4-6-14-8/h4-6H,2-3H2,1H3. The van der Waals surface area contributed by atoms with Crippen molar-refractivity contribution in [2.45, 2.75) is 6.92 Å². The maximum atomic E-state index is 11.5. The minimum Gasteiger partial charge on any atom is -0.462 e. The number of Topliss-reactive ketones (excluding diaryl/α,β-unsaturated/α-hetero) is 1. The van der Waals surface area contributed by atoms with Gasteiger partial charge in [0.2, 0.25) is 5.78 Å². The highest BCUT2D eigenvalue weighted by Crippen LogP contribution is 2.14. The second kappa shape index (κ2) is 4.72. The van der Waals surface area contributed by atoms with Crippen molar-refractivity contribution < 1.29 is 14.3 Å². The normalized spacial score (nSPS) is 9.50. The smallest absolute Gasteiger partial charge is 0.341 e. The Labute approximate surface area is 86.0 Å². The van der Waals surface area contributed by atoms with Crippen LogP contribution in [-0.2, 0) is 9.53 Å². The molecule has 0 amide bonds. The summed E-state index contributed by atoms with van der Waals surface area (Å²) in [5.74, 6) is -1.01. The van der Waals surface area contributed by atoms with Gasteiger partial charge in [0.05, 0.1) is 11.5 Å². The maximum absolute atomic E-state index is 11.5. The van der Waals surface area contributed by atoms with Gasteiger partial charge in [-0.15, -0.1) is 11.3 Å². The number of carbonyl (C=O) groups is 2. The van der Waals surface area contributed by atoms with Gasteiger partial charge in [-0.3, -0.25) is 4.79 Å². The molecule has 0 saturated heterocycles. The fourth-order valence-corrected chi connectivity index (χ4v) is 1.56. The second-order valence-corrected chi connectivity index (χ2v) is 3.45. The summed E-state index contributed by atoms with van der Waals surface area (Å²) in [7, 11) is 0. The van der Waals surface area contributed by atoms with Crippen LogP contribution >= 0.6 is 11.3 Å². The molecule has 1 aromatic rings. The van der Waals surface area contributed by atoms with Crippen LogP contribution in [0.25, 0.3) is 0 Å². The lowest BCUT2D eigenvalue weighted by molar-refractivity contribution is -0.138. The molecule has 1 rings (SSSR count). The number of rotatable bonds is 4. The van der Waals surface area contributed by atoms with Crippen molar-refractivity contribution >= 4 is 23.1 Å². The van der Waals surface area contributed by atoms with Crippen LogP contribution in [0.5, 0.6) is 0 Å². The number of ketones is 1. The number of ether oxygens (including phenoxy) is 1. The Morgan fingerprint density at radius 3 is 2.79 bits per heavy atom. The third-order valence-electron chi connectivity index (χ3n) is 1.54. The summed E-state index contributed by atoms with van der Waals surface area (Å²) in [6.45, 7) is 5.34.